The van der Waals surface area contributed by atoms with Gasteiger partial charge < -0.3 is 9.15 Å². The van der Waals surface area contributed by atoms with Crippen LogP contribution in [0.4, 0.5) is 0 Å². The standard InChI is InChI=1S/C33H31Cl2N3O2/c34-33(35)38-19-18-29(30(21-38)39-22-24-12-14-25-6-4-5-9-28(25)20-24)26-15-10-23(11-16-26)13-17-31-36-37-32(40-31)27-7-2-1-3-8-27/h1-12,14-16,20,29-30,33H,13,17-19,21-22H2. The van der Waals surface area contributed by atoms with Crippen LogP contribution in [0.25, 0.3) is 22.2 Å². The van der Waals surface area contributed by atoms with E-state index in [1.807, 2.05) is 30.3 Å². The monoisotopic (exact) mass is 571 g/mol. The fourth-order valence-electron chi connectivity index (χ4n) is 5.43. The quantitative estimate of drug-likeness (QED) is 0.133. The molecule has 0 radical (unpaired) electrons. The maximum Gasteiger partial charge on any atom is 0.247 e. The lowest BCUT2D eigenvalue weighted by atomic mass is 9.86. The molecule has 2 heterocycles. The third-order valence-electron chi connectivity index (χ3n) is 7.67. The van der Waals surface area contributed by atoms with Gasteiger partial charge in [0.1, 0.15) is 0 Å². The SMILES string of the molecule is ClC(Cl)N1CCC(c2ccc(CCc3nnc(-c4ccccc4)o3)cc2)C(OCc2ccc3ccccc3c2)C1. The molecule has 1 aliphatic heterocycles. The Bertz CT molecular complexity index is 1540. The predicted molar refractivity (Wildman–Crippen MR) is 161 cm³/mol. The van der Waals surface area contributed by atoms with Crippen molar-refractivity contribution in [3.63, 3.8) is 0 Å². The van der Waals surface area contributed by atoms with Crippen LogP contribution in [0.2, 0.25) is 0 Å². The van der Waals surface area contributed by atoms with E-state index in [4.69, 9.17) is 32.4 Å². The van der Waals surface area contributed by atoms with Crippen LogP contribution in [-0.4, -0.2) is 39.3 Å². The van der Waals surface area contributed by atoms with Crippen molar-refractivity contribution in [2.45, 2.75) is 42.9 Å². The molecule has 7 heteroatoms. The Morgan fingerprint density at radius 3 is 2.38 bits per heavy atom. The maximum absolute atomic E-state index is 6.55. The van der Waals surface area contributed by atoms with Gasteiger partial charge in [-0.2, -0.15) is 0 Å². The number of rotatable bonds is 9. The van der Waals surface area contributed by atoms with Gasteiger partial charge in [0.2, 0.25) is 11.8 Å². The van der Waals surface area contributed by atoms with Crippen molar-refractivity contribution >= 4 is 34.0 Å². The number of ether oxygens (including phenoxy) is 1. The molecular formula is C33H31Cl2N3O2. The number of hydrogen-bond donors (Lipinski definition) is 0. The molecule has 6 rings (SSSR count). The number of aryl methyl sites for hydroxylation is 2. The molecule has 0 saturated carbocycles. The number of halogens is 2. The van der Waals surface area contributed by atoms with E-state index < -0.39 is 4.96 Å². The van der Waals surface area contributed by atoms with Crippen LogP contribution < -0.4 is 0 Å². The van der Waals surface area contributed by atoms with Gasteiger partial charge in [0, 0.05) is 31.0 Å². The molecule has 0 N–H and O–H groups in total. The Balaban J connectivity index is 1.11. The van der Waals surface area contributed by atoms with Crippen LogP contribution in [0.1, 0.15) is 34.9 Å². The van der Waals surface area contributed by atoms with Crippen molar-refractivity contribution in [3.05, 3.63) is 120 Å². The largest absolute Gasteiger partial charge is 0.421 e. The molecule has 0 aliphatic carbocycles. The van der Waals surface area contributed by atoms with Gasteiger partial charge in [-0.25, -0.2) is 0 Å². The lowest BCUT2D eigenvalue weighted by molar-refractivity contribution is -0.0226. The predicted octanol–water partition coefficient (Wildman–Crippen LogP) is 7.81. The summed E-state index contributed by atoms with van der Waals surface area (Å²) >= 11 is 12.5. The van der Waals surface area contributed by atoms with Crippen molar-refractivity contribution in [1.82, 2.24) is 15.1 Å². The number of likely N-dealkylation sites (tertiary alicyclic amines) is 1. The third-order valence-corrected chi connectivity index (χ3v) is 8.22. The summed E-state index contributed by atoms with van der Waals surface area (Å²) in [6.45, 7) is 2.07. The van der Waals surface area contributed by atoms with Crippen molar-refractivity contribution in [1.29, 1.82) is 0 Å². The lowest BCUT2D eigenvalue weighted by Gasteiger charge is -2.39. The molecule has 1 saturated heterocycles. The van der Waals surface area contributed by atoms with Crippen molar-refractivity contribution in [3.8, 4) is 11.5 Å². The first-order valence-electron chi connectivity index (χ1n) is 13.7. The Morgan fingerprint density at radius 2 is 1.57 bits per heavy atom. The summed E-state index contributed by atoms with van der Waals surface area (Å²) in [6, 6.07) is 33.6. The van der Waals surface area contributed by atoms with E-state index in [0.29, 0.717) is 31.4 Å². The highest BCUT2D eigenvalue weighted by Gasteiger charge is 2.33. The molecule has 2 atom stereocenters. The molecule has 204 valence electrons. The number of nitrogens with zero attached hydrogens (tertiary/aromatic N) is 3. The smallest absolute Gasteiger partial charge is 0.247 e. The molecule has 1 aliphatic rings. The number of piperidine rings is 1. The highest BCUT2D eigenvalue weighted by Crippen LogP contribution is 2.33. The van der Waals surface area contributed by atoms with Gasteiger partial charge in [0.15, 0.2) is 4.96 Å². The Hall–Kier alpha value is -3.22. The van der Waals surface area contributed by atoms with Gasteiger partial charge in [-0.1, -0.05) is 102 Å². The third kappa shape index (κ3) is 6.39. The van der Waals surface area contributed by atoms with E-state index in [1.54, 1.807) is 0 Å². The van der Waals surface area contributed by atoms with E-state index in [0.717, 1.165) is 30.5 Å². The minimum atomic E-state index is -0.540. The zero-order chi connectivity index (χ0) is 27.3. The molecule has 2 unspecified atom stereocenters. The van der Waals surface area contributed by atoms with E-state index >= 15 is 0 Å². The Labute approximate surface area is 244 Å². The zero-order valence-corrected chi connectivity index (χ0v) is 23.6. The molecule has 1 fully saturated rings. The highest BCUT2D eigenvalue weighted by atomic mass is 35.5. The number of hydrogen-bond acceptors (Lipinski definition) is 5. The molecule has 40 heavy (non-hydrogen) atoms. The minimum Gasteiger partial charge on any atom is -0.421 e. The second kappa shape index (κ2) is 12.5. The van der Waals surface area contributed by atoms with Crippen LogP contribution in [0, 0.1) is 0 Å². The Kier molecular flexibility index (Phi) is 8.45. The average Bonchev–Trinajstić information content (AvgIpc) is 3.49. The zero-order valence-electron chi connectivity index (χ0n) is 22.1. The molecule has 4 aromatic carbocycles. The molecule has 0 bridgehead atoms. The summed E-state index contributed by atoms with van der Waals surface area (Å²) in [5.74, 6) is 1.47. The molecule has 0 amide bonds. The van der Waals surface area contributed by atoms with Gasteiger partial charge in [-0.3, -0.25) is 4.90 Å². The van der Waals surface area contributed by atoms with Gasteiger partial charge in [0.25, 0.3) is 0 Å². The van der Waals surface area contributed by atoms with Crippen LogP contribution in [-0.2, 0) is 24.2 Å². The summed E-state index contributed by atoms with van der Waals surface area (Å²) in [4.78, 5) is 1.54. The first-order chi connectivity index (χ1) is 19.6. The van der Waals surface area contributed by atoms with Crippen molar-refractivity contribution in [2.24, 2.45) is 0 Å². The van der Waals surface area contributed by atoms with Crippen molar-refractivity contribution in [2.75, 3.05) is 13.1 Å². The van der Waals surface area contributed by atoms with Crippen molar-refractivity contribution < 1.29 is 9.15 Å². The second-order valence-electron chi connectivity index (χ2n) is 10.3. The minimum absolute atomic E-state index is 0.0131. The normalized spacial score (nSPS) is 18.0. The van der Waals surface area contributed by atoms with Gasteiger partial charge >= 0.3 is 0 Å². The summed E-state index contributed by atoms with van der Waals surface area (Å²) in [5, 5.41) is 10.9. The first kappa shape index (κ1) is 27.0. The van der Waals surface area contributed by atoms with Gasteiger partial charge in [-0.05, 0) is 58.5 Å². The maximum atomic E-state index is 6.55. The van der Waals surface area contributed by atoms with E-state index in [-0.39, 0.29) is 12.0 Å². The van der Waals surface area contributed by atoms with Gasteiger partial charge in [-0.15, -0.1) is 10.2 Å². The molecule has 0 spiro atoms. The molecule has 1 aromatic heterocycles. The topological polar surface area (TPSA) is 51.4 Å². The number of alkyl halides is 2. The summed E-state index contributed by atoms with van der Waals surface area (Å²) in [6.07, 6.45) is 2.45. The number of aromatic nitrogens is 2. The number of fused-ring (bicyclic) bond motifs is 1. The Morgan fingerprint density at radius 1 is 0.825 bits per heavy atom. The van der Waals surface area contributed by atoms with E-state index in [9.17, 15) is 0 Å². The summed E-state index contributed by atoms with van der Waals surface area (Å²) in [5.41, 5.74) is 4.60. The molecule has 5 nitrogen and oxygen atoms in total. The van der Waals surface area contributed by atoms with Crippen LogP contribution >= 0.6 is 23.2 Å². The van der Waals surface area contributed by atoms with E-state index in [2.05, 4.69) is 81.8 Å². The number of benzene rings is 4. The lowest BCUT2D eigenvalue weighted by Crippen LogP contribution is -2.45. The molecular weight excluding hydrogens is 541 g/mol. The van der Waals surface area contributed by atoms with Crippen LogP contribution in [0.5, 0.6) is 0 Å². The van der Waals surface area contributed by atoms with Gasteiger partial charge in [0.05, 0.1) is 12.7 Å². The summed E-state index contributed by atoms with van der Waals surface area (Å²) in [7, 11) is 0. The summed E-state index contributed by atoms with van der Waals surface area (Å²) < 4.78 is 12.4. The van der Waals surface area contributed by atoms with Crippen LogP contribution in [0.3, 0.4) is 0 Å². The fraction of sp³-hybridized carbons (Fsp3) is 0.273. The molecule has 5 aromatic rings. The van der Waals surface area contributed by atoms with E-state index in [1.165, 1.54) is 21.9 Å². The second-order valence-corrected chi connectivity index (χ2v) is 11.4. The van der Waals surface area contributed by atoms with Crippen LogP contribution in [0.15, 0.2) is 101 Å². The highest BCUT2D eigenvalue weighted by molar-refractivity contribution is 6.43. The first-order valence-corrected chi connectivity index (χ1v) is 14.6. The average molecular weight is 573 g/mol. The fourth-order valence-corrected chi connectivity index (χ4v) is 5.79.